The van der Waals surface area contributed by atoms with Gasteiger partial charge >= 0.3 is 0 Å². The van der Waals surface area contributed by atoms with E-state index in [-0.39, 0.29) is 11.8 Å². The molecule has 2 aliphatic rings. The molecule has 0 unspecified atom stereocenters. The monoisotopic (exact) mass is 435 g/mol. The number of aromatic nitrogens is 4. The van der Waals surface area contributed by atoms with Crippen molar-refractivity contribution in [1.29, 1.82) is 0 Å². The van der Waals surface area contributed by atoms with Gasteiger partial charge < -0.3 is 24.3 Å². The molecule has 2 aliphatic heterocycles. The van der Waals surface area contributed by atoms with Crippen LogP contribution in [0.3, 0.4) is 0 Å². The van der Waals surface area contributed by atoms with Gasteiger partial charge in [-0.05, 0) is 37.1 Å². The number of rotatable bonds is 5. The fourth-order valence-corrected chi connectivity index (χ4v) is 4.06. The zero-order valence-corrected chi connectivity index (χ0v) is 17.7. The highest BCUT2D eigenvalue weighted by Gasteiger charge is 2.27. The van der Waals surface area contributed by atoms with Crippen molar-refractivity contribution in [2.24, 2.45) is 5.92 Å². The Morgan fingerprint density at radius 1 is 1.03 bits per heavy atom. The van der Waals surface area contributed by atoms with Gasteiger partial charge in [0.1, 0.15) is 23.7 Å². The maximum atomic E-state index is 13.0. The third-order valence-electron chi connectivity index (χ3n) is 5.78. The topological polar surface area (TPSA) is 110 Å². The van der Waals surface area contributed by atoms with Crippen molar-refractivity contribution in [3.63, 3.8) is 0 Å². The highest BCUT2D eigenvalue weighted by atomic mass is 16.5. The van der Waals surface area contributed by atoms with Gasteiger partial charge in [-0.1, -0.05) is 0 Å². The summed E-state index contributed by atoms with van der Waals surface area (Å²) in [5.74, 6) is 2.57. The Kier molecular flexibility index (Phi) is 5.93. The number of ether oxygens (including phenoxy) is 1. The van der Waals surface area contributed by atoms with E-state index in [4.69, 9.17) is 9.15 Å². The van der Waals surface area contributed by atoms with Crippen molar-refractivity contribution < 1.29 is 13.9 Å². The molecule has 0 spiro atoms. The van der Waals surface area contributed by atoms with Gasteiger partial charge in [-0.2, -0.15) is 0 Å². The summed E-state index contributed by atoms with van der Waals surface area (Å²) in [6.45, 7) is 4.34. The average Bonchev–Trinajstić information content (AvgIpc) is 3.40. The normalized spacial score (nSPS) is 19.1. The predicted molar refractivity (Wildman–Crippen MR) is 118 cm³/mol. The molecule has 0 aliphatic carbocycles. The maximum Gasteiger partial charge on any atom is 0.230 e. The summed E-state index contributed by atoms with van der Waals surface area (Å²) >= 11 is 0. The number of furan rings is 1. The lowest BCUT2D eigenvalue weighted by atomic mass is 9.97. The second-order valence-electron chi connectivity index (χ2n) is 7.89. The first-order valence-electron chi connectivity index (χ1n) is 10.8. The Hall–Kier alpha value is -3.53. The molecule has 0 aromatic carbocycles. The molecule has 2 fully saturated rings. The minimum absolute atomic E-state index is 0.0403. The zero-order valence-electron chi connectivity index (χ0n) is 17.7. The maximum absolute atomic E-state index is 13.0. The van der Waals surface area contributed by atoms with E-state index in [1.807, 2.05) is 30.3 Å². The van der Waals surface area contributed by atoms with Crippen molar-refractivity contribution in [2.75, 3.05) is 54.5 Å². The smallest absolute Gasteiger partial charge is 0.230 e. The van der Waals surface area contributed by atoms with Crippen molar-refractivity contribution in [3.05, 3.63) is 42.9 Å². The van der Waals surface area contributed by atoms with Gasteiger partial charge in [0.05, 0.1) is 25.4 Å². The molecular formula is C22H25N7O3. The Bertz CT molecular complexity index is 1040. The first-order chi connectivity index (χ1) is 15.8. The van der Waals surface area contributed by atoms with Gasteiger partial charge in [0, 0.05) is 32.2 Å². The second-order valence-corrected chi connectivity index (χ2v) is 7.89. The van der Waals surface area contributed by atoms with Gasteiger partial charge in [-0.25, -0.2) is 9.97 Å². The summed E-state index contributed by atoms with van der Waals surface area (Å²) in [6, 6.07) is 9.30. The van der Waals surface area contributed by atoms with Crippen LogP contribution in [-0.4, -0.2) is 65.5 Å². The Labute approximate surface area is 185 Å². The molecule has 5 heterocycles. The number of piperidine rings is 1. The largest absolute Gasteiger partial charge is 0.463 e. The van der Waals surface area contributed by atoms with Crippen LogP contribution >= 0.6 is 0 Å². The van der Waals surface area contributed by atoms with Crippen LogP contribution in [0.1, 0.15) is 12.8 Å². The van der Waals surface area contributed by atoms with Crippen molar-refractivity contribution in [3.8, 4) is 11.5 Å². The van der Waals surface area contributed by atoms with Gasteiger partial charge in [0.15, 0.2) is 11.6 Å². The Morgan fingerprint density at radius 3 is 2.72 bits per heavy atom. The van der Waals surface area contributed by atoms with E-state index in [2.05, 4.69) is 35.3 Å². The molecule has 0 bridgehead atoms. The molecule has 3 aromatic rings. The molecule has 2 saturated heterocycles. The number of carbonyl (C=O) groups is 1. The van der Waals surface area contributed by atoms with E-state index in [1.54, 1.807) is 6.26 Å². The van der Waals surface area contributed by atoms with E-state index in [1.165, 1.54) is 6.33 Å². The Balaban J connectivity index is 1.22. The second kappa shape index (κ2) is 9.31. The standard InChI is InChI=1S/C22H25N7O3/c30-22(25-19-13-21(24-15-23-19)28-8-11-31-12-9-28)16-3-1-7-29(14-16)20-6-5-17(26-27-20)18-4-2-10-32-18/h2,4-6,10,13,15-16H,1,3,7-9,11-12,14H2,(H,23,24,25,30)/t16-/m0/s1. The molecule has 0 saturated carbocycles. The SMILES string of the molecule is O=C(Nc1cc(N2CCOCC2)ncn1)[C@H]1CCCN(c2ccc(-c3ccco3)nn2)C1. The average molecular weight is 435 g/mol. The van der Waals surface area contributed by atoms with Gasteiger partial charge in [0.2, 0.25) is 5.91 Å². The molecule has 166 valence electrons. The lowest BCUT2D eigenvalue weighted by Gasteiger charge is -2.32. The van der Waals surface area contributed by atoms with Crippen LogP contribution in [0, 0.1) is 5.92 Å². The lowest BCUT2D eigenvalue weighted by Crippen LogP contribution is -2.41. The molecule has 10 heteroatoms. The summed E-state index contributed by atoms with van der Waals surface area (Å²) < 4.78 is 10.8. The van der Waals surface area contributed by atoms with Crippen LogP contribution in [0.15, 0.2) is 47.3 Å². The Morgan fingerprint density at radius 2 is 1.94 bits per heavy atom. The number of nitrogens with zero attached hydrogens (tertiary/aromatic N) is 6. The van der Waals surface area contributed by atoms with E-state index >= 15 is 0 Å². The van der Waals surface area contributed by atoms with Crippen LogP contribution in [0.2, 0.25) is 0 Å². The van der Waals surface area contributed by atoms with E-state index in [0.717, 1.165) is 44.1 Å². The van der Waals surface area contributed by atoms with Crippen LogP contribution < -0.4 is 15.1 Å². The summed E-state index contributed by atoms with van der Waals surface area (Å²) in [4.78, 5) is 25.8. The molecule has 32 heavy (non-hydrogen) atoms. The number of hydrogen-bond acceptors (Lipinski definition) is 9. The van der Waals surface area contributed by atoms with Crippen molar-refractivity contribution >= 4 is 23.4 Å². The fourth-order valence-electron chi connectivity index (χ4n) is 4.06. The zero-order chi connectivity index (χ0) is 21.8. The summed E-state index contributed by atoms with van der Waals surface area (Å²) in [6.07, 6.45) is 4.83. The minimum atomic E-state index is -0.155. The number of anilines is 3. The summed E-state index contributed by atoms with van der Waals surface area (Å²) in [5.41, 5.74) is 0.685. The molecule has 1 N–H and O–H groups in total. The van der Waals surface area contributed by atoms with E-state index in [0.29, 0.717) is 37.0 Å². The molecule has 0 radical (unpaired) electrons. The highest BCUT2D eigenvalue weighted by Crippen LogP contribution is 2.25. The number of carbonyl (C=O) groups excluding carboxylic acids is 1. The third-order valence-corrected chi connectivity index (χ3v) is 5.78. The third kappa shape index (κ3) is 4.54. The number of hydrogen-bond donors (Lipinski definition) is 1. The van der Waals surface area contributed by atoms with Crippen LogP contribution in [-0.2, 0) is 9.53 Å². The molecule has 10 nitrogen and oxygen atoms in total. The fraction of sp³-hybridized carbons (Fsp3) is 0.409. The molecular weight excluding hydrogens is 410 g/mol. The predicted octanol–water partition coefficient (Wildman–Crippen LogP) is 2.22. The number of nitrogens with one attached hydrogen (secondary N) is 1. The van der Waals surface area contributed by atoms with E-state index < -0.39 is 0 Å². The minimum Gasteiger partial charge on any atom is -0.463 e. The lowest BCUT2D eigenvalue weighted by molar-refractivity contribution is -0.120. The molecule has 5 rings (SSSR count). The summed E-state index contributed by atoms with van der Waals surface area (Å²) in [5, 5.41) is 11.6. The highest BCUT2D eigenvalue weighted by molar-refractivity contribution is 5.92. The number of morpholine rings is 1. The summed E-state index contributed by atoms with van der Waals surface area (Å²) in [7, 11) is 0. The van der Waals surface area contributed by atoms with Gasteiger partial charge in [-0.3, -0.25) is 4.79 Å². The number of amides is 1. The molecule has 3 aromatic heterocycles. The van der Waals surface area contributed by atoms with Crippen LogP contribution in [0.5, 0.6) is 0 Å². The van der Waals surface area contributed by atoms with Crippen LogP contribution in [0.4, 0.5) is 17.5 Å². The van der Waals surface area contributed by atoms with Crippen molar-refractivity contribution in [2.45, 2.75) is 12.8 Å². The first-order valence-corrected chi connectivity index (χ1v) is 10.8. The van der Waals surface area contributed by atoms with Crippen molar-refractivity contribution in [1.82, 2.24) is 20.2 Å². The molecule has 1 amide bonds. The quantitative estimate of drug-likeness (QED) is 0.645. The van der Waals surface area contributed by atoms with Gasteiger partial charge in [-0.15, -0.1) is 10.2 Å². The first kappa shape index (κ1) is 20.4. The molecule has 1 atom stereocenters. The van der Waals surface area contributed by atoms with Gasteiger partial charge in [0.25, 0.3) is 0 Å². The van der Waals surface area contributed by atoms with E-state index in [9.17, 15) is 4.79 Å². The van der Waals surface area contributed by atoms with Crippen LogP contribution in [0.25, 0.3) is 11.5 Å².